The van der Waals surface area contributed by atoms with E-state index in [1.54, 1.807) is 24.3 Å². The molecule has 7 heteroatoms. The molecular weight excluding hydrogens is 290 g/mol. The quantitative estimate of drug-likeness (QED) is 0.941. The van der Waals surface area contributed by atoms with Gasteiger partial charge in [0.15, 0.2) is 5.82 Å². The highest BCUT2D eigenvalue weighted by Crippen LogP contribution is 2.28. The van der Waals surface area contributed by atoms with Crippen LogP contribution in [0.25, 0.3) is 0 Å². The molecule has 21 heavy (non-hydrogen) atoms. The van der Waals surface area contributed by atoms with E-state index in [9.17, 15) is 4.79 Å². The molecule has 0 aliphatic heterocycles. The molecule has 0 spiro atoms. The Morgan fingerprint density at radius 2 is 2.19 bits per heavy atom. The third-order valence-corrected chi connectivity index (χ3v) is 3.96. The summed E-state index contributed by atoms with van der Waals surface area (Å²) in [6.45, 7) is 0.314. The molecule has 110 valence electrons. The number of nitrogens with zero attached hydrogens (tertiary/aromatic N) is 4. The summed E-state index contributed by atoms with van der Waals surface area (Å²) in [5.74, 6) is 0.510. The Kier molecular flexibility index (Phi) is 4.15. The second-order valence-corrected chi connectivity index (χ2v) is 5.61. The highest BCUT2D eigenvalue weighted by atomic mass is 35.5. The maximum absolute atomic E-state index is 12.1. The number of benzene rings is 1. The number of nitrogens with one attached hydrogen (secondary N) is 1. The largest absolute Gasteiger partial charge is 0.345 e. The molecule has 0 saturated heterocycles. The van der Waals surface area contributed by atoms with Crippen molar-refractivity contribution >= 4 is 17.5 Å². The van der Waals surface area contributed by atoms with E-state index in [1.165, 1.54) is 12.8 Å². The van der Waals surface area contributed by atoms with Crippen molar-refractivity contribution in [3.05, 3.63) is 40.7 Å². The zero-order chi connectivity index (χ0) is 14.7. The number of hydrogen-bond donors (Lipinski definition) is 1. The fraction of sp³-hybridized carbons (Fsp3) is 0.429. The van der Waals surface area contributed by atoms with Crippen molar-refractivity contribution in [2.24, 2.45) is 0 Å². The van der Waals surface area contributed by atoms with Gasteiger partial charge < -0.3 is 5.32 Å². The lowest BCUT2D eigenvalue weighted by atomic mass is 10.2. The molecule has 1 aliphatic rings. The monoisotopic (exact) mass is 305 g/mol. The second kappa shape index (κ2) is 6.22. The summed E-state index contributed by atoms with van der Waals surface area (Å²) in [7, 11) is 0. The van der Waals surface area contributed by atoms with Crippen molar-refractivity contribution in [1.29, 1.82) is 0 Å². The van der Waals surface area contributed by atoms with Gasteiger partial charge >= 0.3 is 0 Å². The number of carbonyl (C=O) groups excluding carboxylic acids is 1. The molecule has 6 nitrogen and oxygen atoms in total. The van der Waals surface area contributed by atoms with Crippen LogP contribution < -0.4 is 5.32 Å². The van der Waals surface area contributed by atoms with E-state index < -0.39 is 0 Å². The van der Waals surface area contributed by atoms with Crippen molar-refractivity contribution in [3.8, 4) is 0 Å². The van der Waals surface area contributed by atoms with Crippen LogP contribution in [0.5, 0.6) is 0 Å². The standard InChI is InChI=1S/C14H16ClN5O/c15-11-5-3-4-10(8-11)14(21)16-9-13-17-18-19-20(13)12-6-1-2-7-12/h3-5,8,12H,1-2,6-7,9H2,(H,16,21). The Labute approximate surface area is 127 Å². The van der Waals surface area contributed by atoms with Gasteiger partial charge in [-0.3, -0.25) is 4.79 Å². The Hall–Kier alpha value is -1.95. The first-order valence-corrected chi connectivity index (χ1v) is 7.42. The summed E-state index contributed by atoms with van der Waals surface area (Å²) in [5, 5.41) is 15.1. The Morgan fingerprint density at radius 3 is 2.95 bits per heavy atom. The van der Waals surface area contributed by atoms with Gasteiger partial charge in [0.05, 0.1) is 12.6 Å². The first-order valence-electron chi connectivity index (χ1n) is 7.04. The van der Waals surface area contributed by atoms with Crippen LogP contribution in [-0.2, 0) is 6.54 Å². The Balaban J connectivity index is 1.65. The molecule has 1 aliphatic carbocycles. The van der Waals surface area contributed by atoms with Crippen LogP contribution in [0.3, 0.4) is 0 Å². The molecule has 2 aromatic rings. The Morgan fingerprint density at radius 1 is 1.38 bits per heavy atom. The van der Waals surface area contributed by atoms with E-state index in [1.807, 2.05) is 4.68 Å². The molecule has 1 saturated carbocycles. The summed E-state index contributed by atoms with van der Waals surface area (Å²) in [4.78, 5) is 12.1. The number of carbonyl (C=O) groups is 1. The molecule has 1 aromatic carbocycles. The molecule has 0 bridgehead atoms. The van der Waals surface area contributed by atoms with Crippen LogP contribution in [0.2, 0.25) is 5.02 Å². The maximum atomic E-state index is 12.1. The number of rotatable bonds is 4. The predicted octanol–water partition coefficient (Wildman–Crippen LogP) is 2.37. The third-order valence-electron chi connectivity index (χ3n) is 3.73. The summed E-state index contributed by atoms with van der Waals surface area (Å²) in [6, 6.07) is 7.20. The molecule has 1 fully saturated rings. The second-order valence-electron chi connectivity index (χ2n) is 5.17. The van der Waals surface area contributed by atoms with Gasteiger partial charge in [0.25, 0.3) is 5.91 Å². The first-order chi connectivity index (χ1) is 10.2. The SMILES string of the molecule is O=C(NCc1nnnn1C1CCCC1)c1cccc(Cl)c1. The average molecular weight is 306 g/mol. The lowest BCUT2D eigenvalue weighted by Gasteiger charge is -2.11. The lowest BCUT2D eigenvalue weighted by Crippen LogP contribution is -2.25. The maximum Gasteiger partial charge on any atom is 0.251 e. The predicted molar refractivity (Wildman–Crippen MR) is 77.9 cm³/mol. The van der Waals surface area contributed by atoms with Crippen molar-refractivity contribution in [3.63, 3.8) is 0 Å². The smallest absolute Gasteiger partial charge is 0.251 e. The third kappa shape index (κ3) is 3.21. The van der Waals surface area contributed by atoms with Gasteiger partial charge in [-0.2, -0.15) is 0 Å². The van der Waals surface area contributed by atoms with Gasteiger partial charge in [-0.15, -0.1) is 5.10 Å². The zero-order valence-corrected chi connectivity index (χ0v) is 12.3. The summed E-state index contributed by atoms with van der Waals surface area (Å²) < 4.78 is 1.84. The lowest BCUT2D eigenvalue weighted by molar-refractivity contribution is 0.0949. The van der Waals surface area contributed by atoms with E-state index in [0.717, 1.165) is 12.8 Å². The van der Waals surface area contributed by atoms with Gasteiger partial charge in [0.2, 0.25) is 0 Å². The molecule has 0 unspecified atom stereocenters. The van der Waals surface area contributed by atoms with Gasteiger partial charge in [-0.25, -0.2) is 4.68 Å². The summed E-state index contributed by atoms with van der Waals surface area (Å²) >= 11 is 5.88. The van der Waals surface area contributed by atoms with Crippen LogP contribution in [0.4, 0.5) is 0 Å². The molecule has 1 aromatic heterocycles. The Bertz CT molecular complexity index is 636. The van der Waals surface area contributed by atoms with Gasteiger partial charge in [-0.1, -0.05) is 30.5 Å². The van der Waals surface area contributed by atoms with Crippen LogP contribution >= 0.6 is 11.6 Å². The minimum atomic E-state index is -0.182. The molecule has 1 amide bonds. The zero-order valence-electron chi connectivity index (χ0n) is 11.5. The van der Waals surface area contributed by atoms with Gasteiger partial charge in [-0.05, 0) is 41.5 Å². The molecule has 1 heterocycles. The molecule has 0 atom stereocenters. The van der Waals surface area contributed by atoms with Crippen LogP contribution in [0, 0.1) is 0 Å². The molecule has 0 radical (unpaired) electrons. The minimum absolute atomic E-state index is 0.182. The normalized spacial score (nSPS) is 15.3. The molecule has 3 rings (SSSR count). The number of tetrazole rings is 1. The number of hydrogen-bond acceptors (Lipinski definition) is 4. The number of amides is 1. The van der Waals surface area contributed by atoms with E-state index >= 15 is 0 Å². The van der Waals surface area contributed by atoms with Gasteiger partial charge in [0.1, 0.15) is 0 Å². The molecular formula is C14H16ClN5O. The van der Waals surface area contributed by atoms with E-state index in [2.05, 4.69) is 20.8 Å². The average Bonchev–Trinajstić information content (AvgIpc) is 3.15. The minimum Gasteiger partial charge on any atom is -0.345 e. The van der Waals surface area contributed by atoms with Crippen molar-refractivity contribution < 1.29 is 4.79 Å². The van der Waals surface area contributed by atoms with Crippen LogP contribution in [0.1, 0.15) is 47.9 Å². The van der Waals surface area contributed by atoms with Gasteiger partial charge in [0, 0.05) is 10.6 Å². The van der Waals surface area contributed by atoms with Crippen LogP contribution in [-0.4, -0.2) is 26.1 Å². The van der Waals surface area contributed by atoms with E-state index in [4.69, 9.17) is 11.6 Å². The molecule has 1 N–H and O–H groups in total. The summed E-state index contributed by atoms with van der Waals surface area (Å²) in [5.41, 5.74) is 0.530. The fourth-order valence-electron chi connectivity index (χ4n) is 2.65. The van der Waals surface area contributed by atoms with E-state index in [-0.39, 0.29) is 5.91 Å². The van der Waals surface area contributed by atoms with Crippen molar-refractivity contribution in [1.82, 2.24) is 25.5 Å². The summed E-state index contributed by atoms with van der Waals surface area (Å²) in [6.07, 6.45) is 4.61. The number of halogens is 1. The van der Waals surface area contributed by atoms with Crippen molar-refractivity contribution in [2.45, 2.75) is 38.3 Å². The number of aromatic nitrogens is 4. The highest BCUT2D eigenvalue weighted by molar-refractivity contribution is 6.30. The van der Waals surface area contributed by atoms with Crippen molar-refractivity contribution in [2.75, 3.05) is 0 Å². The topological polar surface area (TPSA) is 72.7 Å². The van der Waals surface area contributed by atoms with Crippen LogP contribution in [0.15, 0.2) is 24.3 Å². The first kappa shape index (κ1) is 14.0. The fourth-order valence-corrected chi connectivity index (χ4v) is 2.84. The highest BCUT2D eigenvalue weighted by Gasteiger charge is 2.21. The van der Waals surface area contributed by atoms with E-state index in [0.29, 0.717) is 29.0 Å².